The predicted octanol–water partition coefficient (Wildman–Crippen LogP) is 2.89. The molecule has 0 radical (unpaired) electrons. The number of ketones is 1. The van der Waals surface area contributed by atoms with Crippen molar-refractivity contribution in [2.75, 3.05) is 13.9 Å². The van der Waals surface area contributed by atoms with Gasteiger partial charge < -0.3 is 9.47 Å². The lowest BCUT2D eigenvalue weighted by Gasteiger charge is -2.14. The van der Waals surface area contributed by atoms with Gasteiger partial charge in [-0.3, -0.25) is 4.79 Å². The van der Waals surface area contributed by atoms with Crippen LogP contribution in [-0.4, -0.2) is 19.7 Å². The minimum atomic E-state index is -4.57. The van der Waals surface area contributed by atoms with Crippen molar-refractivity contribution in [3.63, 3.8) is 0 Å². The molecule has 0 heterocycles. The number of benzene rings is 1. The number of hydrogen-bond acceptors (Lipinski definition) is 3. The molecule has 1 rings (SSSR count). The Labute approximate surface area is 96.1 Å². The van der Waals surface area contributed by atoms with Gasteiger partial charge in [-0.05, 0) is 25.1 Å². The molecule has 0 aromatic heterocycles. The fraction of sp³-hybridized carbons (Fsp3) is 0.364. The van der Waals surface area contributed by atoms with Crippen LogP contribution in [0.4, 0.5) is 13.2 Å². The number of halogens is 3. The Hall–Kier alpha value is -1.56. The lowest BCUT2D eigenvalue weighted by molar-refractivity contribution is -0.139. The van der Waals surface area contributed by atoms with E-state index in [0.717, 1.165) is 12.1 Å². The second kappa shape index (κ2) is 5.18. The maximum atomic E-state index is 12.7. The van der Waals surface area contributed by atoms with E-state index < -0.39 is 17.5 Å². The number of hydrogen-bond donors (Lipinski definition) is 0. The summed E-state index contributed by atoms with van der Waals surface area (Å²) in [7, 11) is 1.30. The van der Waals surface area contributed by atoms with Gasteiger partial charge in [-0.1, -0.05) is 0 Å². The smallest absolute Gasteiger partial charge is 0.419 e. The summed E-state index contributed by atoms with van der Waals surface area (Å²) < 4.78 is 47.4. The molecular weight excluding hydrogens is 237 g/mol. The molecule has 0 unspecified atom stereocenters. The molecule has 0 aliphatic heterocycles. The van der Waals surface area contributed by atoms with Gasteiger partial charge in [0.25, 0.3) is 0 Å². The molecule has 0 fully saturated rings. The number of ether oxygens (including phenoxy) is 2. The van der Waals surface area contributed by atoms with Crippen molar-refractivity contribution in [2.24, 2.45) is 0 Å². The van der Waals surface area contributed by atoms with Crippen LogP contribution in [0.3, 0.4) is 0 Å². The standard InChI is InChI=1S/C11H11F3O3/c1-7(15)8-3-4-10(17-6-16-2)9(5-8)11(12,13)14/h3-5H,6H2,1-2H3. The van der Waals surface area contributed by atoms with Crippen LogP contribution >= 0.6 is 0 Å². The van der Waals surface area contributed by atoms with Crippen molar-refractivity contribution in [3.8, 4) is 5.75 Å². The highest BCUT2D eigenvalue weighted by molar-refractivity contribution is 5.94. The van der Waals surface area contributed by atoms with Gasteiger partial charge >= 0.3 is 6.18 Å². The third kappa shape index (κ3) is 3.45. The SMILES string of the molecule is COCOc1ccc(C(C)=O)cc1C(F)(F)F. The van der Waals surface area contributed by atoms with Gasteiger partial charge in [-0.2, -0.15) is 13.2 Å². The van der Waals surface area contributed by atoms with Crippen molar-refractivity contribution in [1.82, 2.24) is 0 Å². The van der Waals surface area contributed by atoms with Crippen molar-refractivity contribution in [2.45, 2.75) is 13.1 Å². The molecule has 0 aliphatic carbocycles. The number of Topliss-reactive ketones (excluding diaryl/α,β-unsaturated/α-hetero) is 1. The summed E-state index contributed by atoms with van der Waals surface area (Å²) in [6.07, 6.45) is -4.57. The zero-order chi connectivity index (χ0) is 13.1. The molecule has 0 bridgehead atoms. The van der Waals surface area contributed by atoms with E-state index in [1.54, 1.807) is 0 Å². The zero-order valence-corrected chi connectivity index (χ0v) is 9.30. The highest BCUT2D eigenvalue weighted by atomic mass is 19.4. The van der Waals surface area contributed by atoms with E-state index in [0.29, 0.717) is 0 Å². The molecular formula is C11H11F3O3. The Balaban J connectivity index is 3.17. The fourth-order valence-electron chi connectivity index (χ4n) is 1.22. The van der Waals surface area contributed by atoms with Crippen molar-refractivity contribution in [3.05, 3.63) is 29.3 Å². The fourth-order valence-corrected chi connectivity index (χ4v) is 1.22. The van der Waals surface area contributed by atoms with Crippen LogP contribution in [0.15, 0.2) is 18.2 Å². The maximum Gasteiger partial charge on any atom is 0.419 e. The Bertz CT molecular complexity index is 413. The summed E-state index contributed by atoms with van der Waals surface area (Å²) in [6, 6.07) is 3.16. The van der Waals surface area contributed by atoms with Gasteiger partial charge in [-0.25, -0.2) is 0 Å². The highest BCUT2D eigenvalue weighted by Gasteiger charge is 2.35. The van der Waals surface area contributed by atoms with E-state index >= 15 is 0 Å². The summed E-state index contributed by atoms with van der Waals surface area (Å²) in [6.45, 7) is 0.910. The first-order valence-corrected chi connectivity index (χ1v) is 4.70. The second-order valence-corrected chi connectivity index (χ2v) is 3.32. The average Bonchev–Trinajstić information content (AvgIpc) is 2.24. The molecule has 17 heavy (non-hydrogen) atoms. The quantitative estimate of drug-likeness (QED) is 0.607. The molecule has 6 heteroatoms. The lowest BCUT2D eigenvalue weighted by atomic mass is 10.1. The van der Waals surface area contributed by atoms with Crippen LogP contribution < -0.4 is 4.74 Å². The van der Waals surface area contributed by atoms with E-state index in [9.17, 15) is 18.0 Å². The van der Waals surface area contributed by atoms with E-state index in [1.807, 2.05) is 0 Å². The third-order valence-corrected chi connectivity index (χ3v) is 2.02. The van der Waals surface area contributed by atoms with Crippen LogP contribution in [0.25, 0.3) is 0 Å². The average molecular weight is 248 g/mol. The van der Waals surface area contributed by atoms with E-state index in [4.69, 9.17) is 4.74 Å². The van der Waals surface area contributed by atoms with E-state index in [2.05, 4.69) is 4.74 Å². The van der Waals surface area contributed by atoms with Gasteiger partial charge in [0.1, 0.15) is 5.75 Å². The molecule has 0 spiro atoms. The summed E-state index contributed by atoms with van der Waals surface area (Å²) >= 11 is 0. The Morgan fingerprint density at radius 2 is 2.00 bits per heavy atom. The van der Waals surface area contributed by atoms with Gasteiger partial charge in [0, 0.05) is 12.7 Å². The van der Waals surface area contributed by atoms with Crippen LogP contribution in [0.5, 0.6) is 5.75 Å². The third-order valence-electron chi connectivity index (χ3n) is 2.02. The van der Waals surface area contributed by atoms with Crippen LogP contribution in [-0.2, 0) is 10.9 Å². The van der Waals surface area contributed by atoms with Crippen molar-refractivity contribution >= 4 is 5.78 Å². The zero-order valence-electron chi connectivity index (χ0n) is 9.30. The minimum absolute atomic E-state index is 0.0120. The van der Waals surface area contributed by atoms with Crippen molar-refractivity contribution in [1.29, 1.82) is 0 Å². The molecule has 94 valence electrons. The lowest BCUT2D eigenvalue weighted by Crippen LogP contribution is -2.11. The largest absolute Gasteiger partial charge is 0.467 e. The predicted molar refractivity (Wildman–Crippen MR) is 54.0 cm³/mol. The number of carbonyl (C=O) groups excluding carboxylic acids is 1. The number of alkyl halides is 3. The monoisotopic (exact) mass is 248 g/mol. The summed E-state index contributed by atoms with van der Waals surface area (Å²) in [4.78, 5) is 11.0. The summed E-state index contributed by atoms with van der Waals surface area (Å²) in [5.74, 6) is -0.793. The first-order valence-electron chi connectivity index (χ1n) is 4.70. The van der Waals surface area contributed by atoms with Crippen LogP contribution in [0.1, 0.15) is 22.8 Å². The van der Waals surface area contributed by atoms with Crippen LogP contribution in [0, 0.1) is 0 Å². The van der Waals surface area contributed by atoms with Gasteiger partial charge in [0.2, 0.25) is 0 Å². The Kier molecular flexibility index (Phi) is 4.11. The second-order valence-electron chi connectivity index (χ2n) is 3.32. The minimum Gasteiger partial charge on any atom is -0.467 e. The van der Waals surface area contributed by atoms with Crippen LogP contribution in [0.2, 0.25) is 0 Å². The number of carbonyl (C=O) groups is 1. The maximum absolute atomic E-state index is 12.7. The highest BCUT2D eigenvalue weighted by Crippen LogP contribution is 2.36. The molecule has 0 saturated heterocycles. The van der Waals surface area contributed by atoms with E-state index in [-0.39, 0.29) is 18.1 Å². The van der Waals surface area contributed by atoms with E-state index in [1.165, 1.54) is 20.1 Å². The molecule has 0 N–H and O–H groups in total. The number of rotatable bonds is 4. The normalized spacial score (nSPS) is 11.4. The molecule has 0 saturated carbocycles. The topological polar surface area (TPSA) is 35.5 Å². The van der Waals surface area contributed by atoms with Gasteiger partial charge in [-0.15, -0.1) is 0 Å². The summed E-state index contributed by atoms with van der Waals surface area (Å²) in [5, 5.41) is 0. The van der Waals surface area contributed by atoms with Gasteiger partial charge in [0.15, 0.2) is 12.6 Å². The molecule has 3 nitrogen and oxygen atoms in total. The molecule has 1 aromatic carbocycles. The molecule has 0 atom stereocenters. The molecule has 1 aromatic rings. The first kappa shape index (κ1) is 13.5. The number of methoxy groups -OCH3 is 1. The first-order chi connectivity index (χ1) is 7.86. The Morgan fingerprint density at radius 3 is 2.47 bits per heavy atom. The molecule has 0 aliphatic rings. The van der Waals surface area contributed by atoms with Crippen molar-refractivity contribution < 1.29 is 27.4 Å². The molecule has 0 amide bonds. The summed E-state index contributed by atoms with van der Waals surface area (Å²) in [5.41, 5.74) is -0.996. The Morgan fingerprint density at radius 1 is 1.35 bits per heavy atom. The van der Waals surface area contributed by atoms with Gasteiger partial charge in [0.05, 0.1) is 5.56 Å².